The molecule has 4 nitrogen and oxygen atoms in total. The van der Waals surface area contributed by atoms with Gasteiger partial charge in [0.05, 0.1) is 20.8 Å². The van der Waals surface area contributed by atoms with Crippen LogP contribution in [0, 0.1) is 0 Å². The van der Waals surface area contributed by atoms with E-state index in [2.05, 4.69) is 17.4 Å². The van der Waals surface area contributed by atoms with Gasteiger partial charge in [-0.2, -0.15) is 12.6 Å². The minimum Gasteiger partial charge on any atom is -0.497 e. The Balaban J connectivity index is 2.90. The van der Waals surface area contributed by atoms with E-state index in [1.54, 1.807) is 25.3 Å². The lowest BCUT2D eigenvalue weighted by molar-refractivity contribution is 0.0596. The van der Waals surface area contributed by atoms with Crippen molar-refractivity contribution in [2.45, 2.75) is 6.42 Å². The minimum atomic E-state index is -0.423. The molecule has 0 aromatic heterocycles. The van der Waals surface area contributed by atoms with Crippen molar-refractivity contribution in [1.29, 1.82) is 0 Å². The fraction of sp³-hybridized carbons (Fsp3) is 0.417. The van der Waals surface area contributed by atoms with Gasteiger partial charge in [-0.15, -0.1) is 0 Å². The van der Waals surface area contributed by atoms with E-state index in [9.17, 15) is 4.79 Å². The van der Waals surface area contributed by atoms with Gasteiger partial charge in [0, 0.05) is 6.07 Å². The molecule has 0 amide bonds. The second-order valence-electron chi connectivity index (χ2n) is 3.28. The first-order chi connectivity index (χ1) is 8.22. The summed E-state index contributed by atoms with van der Waals surface area (Å²) in [6.07, 6.45) is 0.806. The summed E-state index contributed by atoms with van der Waals surface area (Å²) in [4.78, 5) is 11.5. The average molecular weight is 256 g/mol. The van der Waals surface area contributed by atoms with Crippen LogP contribution >= 0.6 is 12.6 Å². The van der Waals surface area contributed by atoms with E-state index < -0.39 is 5.97 Å². The van der Waals surface area contributed by atoms with E-state index >= 15 is 0 Å². The Bertz CT molecular complexity index is 379. The number of rotatable bonds is 6. The fourth-order valence-corrected chi connectivity index (χ4v) is 1.40. The molecular weight excluding hydrogens is 240 g/mol. The molecule has 0 heterocycles. The lowest BCUT2D eigenvalue weighted by atomic mass is 10.2. The van der Waals surface area contributed by atoms with Crippen LogP contribution < -0.4 is 9.47 Å². The molecule has 0 aliphatic rings. The number of carbonyl (C=O) groups excluding carboxylic acids is 1. The molecule has 0 spiro atoms. The van der Waals surface area contributed by atoms with Crippen molar-refractivity contribution >= 4 is 18.6 Å². The molecule has 0 saturated heterocycles. The predicted molar refractivity (Wildman–Crippen MR) is 68.3 cm³/mol. The predicted octanol–water partition coefficient (Wildman–Crippen LogP) is 2.18. The van der Waals surface area contributed by atoms with Crippen LogP contribution in [0.3, 0.4) is 0 Å². The highest BCUT2D eigenvalue weighted by molar-refractivity contribution is 7.80. The van der Waals surface area contributed by atoms with Crippen LogP contribution in [0.25, 0.3) is 0 Å². The van der Waals surface area contributed by atoms with Gasteiger partial charge in [0.15, 0.2) is 0 Å². The van der Waals surface area contributed by atoms with E-state index in [-0.39, 0.29) is 0 Å². The van der Waals surface area contributed by atoms with Crippen LogP contribution in [0.15, 0.2) is 18.2 Å². The molecule has 0 atom stereocenters. The van der Waals surface area contributed by atoms with E-state index in [1.807, 2.05) is 0 Å². The van der Waals surface area contributed by atoms with E-state index in [1.165, 1.54) is 7.11 Å². The highest BCUT2D eigenvalue weighted by Gasteiger charge is 2.13. The Hall–Kier alpha value is -1.36. The van der Waals surface area contributed by atoms with E-state index in [0.29, 0.717) is 23.7 Å². The Morgan fingerprint density at radius 3 is 2.71 bits per heavy atom. The quantitative estimate of drug-likeness (QED) is 0.481. The summed E-state index contributed by atoms with van der Waals surface area (Å²) in [6.45, 7) is 0.501. The molecule has 5 heteroatoms. The Kier molecular flexibility index (Phi) is 5.69. The third-order valence-corrected chi connectivity index (χ3v) is 2.47. The van der Waals surface area contributed by atoms with Crippen LogP contribution in [0.5, 0.6) is 11.5 Å². The molecule has 0 unspecified atom stereocenters. The first-order valence-electron chi connectivity index (χ1n) is 5.23. The zero-order valence-corrected chi connectivity index (χ0v) is 10.8. The zero-order valence-electron chi connectivity index (χ0n) is 9.93. The van der Waals surface area contributed by atoms with Gasteiger partial charge in [0.2, 0.25) is 0 Å². The van der Waals surface area contributed by atoms with Crippen molar-refractivity contribution < 1.29 is 19.0 Å². The maximum Gasteiger partial charge on any atom is 0.341 e. The third kappa shape index (κ3) is 3.85. The van der Waals surface area contributed by atoms with Crippen LogP contribution in [-0.4, -0.2) is 32.5 Å². The summed E-state index contributed by atoms with van der Waals surface area (Å²) < 4.78 is 15.3. The standard InChI is InChI=1S/C12H16O4S/c1-14-9-4-5-10(12(13)15-2)11(8-9)16-6-3-7-17/h4-5,8,17H,3,6-7H2,1-2H3. The van der Waals surface area contributed by atoms with Gasteiger partial charge in [-0.1, -0.05) is 0 Å². The summed E-state index contributed by atoms with van der Waals surface area (Å²) in [5, 5.41) is 0. The zero-order chi connectivity index (χ0) is 12.7. The monoisotopic (exact) mass is 256 g/mol. The summed E-state index contributed by atoms with van der Waals surface area (Å²) in [6, 6.07) is 4.99. The fourth-order valence-electron chi connectivity index (χ4n) is 1.27. The van der Waals surface area contributed by atoms with Crippen molar-refractivity contribution in [3.05, 3.63) is 23.8 Å². The number of benzene rings is 1. The average Bonchev–Trinajstić information content (AvgIpc) is 2.38. The van der Waals surface area contributed by atoms with Crippen LogP contribution in [0.2, 0.25) is 0 Å². The topological polar surface area (TPSA) is 44.8 Å². The van der Waals surface area contributed by atoms with Crippen LogP contribution in [0.4, 0.5) is 0 Å². The van der Waals surface area contributed by atoms with Crippen molar-refractivity contribution in [1.82, 2.24) is 0 Å². The molecule has 0 bridgehead atoms. The van der Waals surface area contributed by atoms with Crippen molar-refractivity contribution in [2.75, 3.05) is 26.6 Å². The number of carbonyl (C=O) groups is 1. The SMILES string of the molecule is COC(=O)c1ccc(OC)cc1OCCCS. The Morgan fingerprint density at radius 2 is 2.12 bits per heavy atom. The lowest BCUT2D eigenvalue weighted by Gasteiger charge is -2.11. The van der Waals surface area contributed by atoms with Crippen LogP contribution in [0.1, 0.15) is 16.8 Å². The number of thiol groups is 1. The molecule has 0 radical (unpaired) electrons. The summed E-state index contributed by atoms with van der Waals surface area (Å²) in [5.74, 6) is 1.42. The molecule has 94 valence electrons. The maximum absolute atomic E-state index is 11.5. The first kappa shape index (κ1) is 13.7. The smallest absolute Gasteiger partial charge is 0.341 e. The van der Waals surface area contributed by atoms with Crippen molar-refractivity contribution in [3.8, 4) is 11.5 Å². The molecule has 0 fully saturated rings. The van der Waals surface area contributed by atoms with Gasteiger partial charge in [0.25, 0.3) is 0 Å². The molecule has 0 aliphatic heterocycles. The minimum absolute atomic E-state index is 0.396. The molecule has 1 aromatic carbocycles. The largest absolute Gasteiger partial charge is 0.497 e. The van der Waals surface area contributed by atoms with Gasteiger partial charge in [-0.25, -0.2) is 4.79 Å². The van der Waals surface area contributed by atoms with Crippen molar-refractivity contribution in [3.63, 3.8) is 0 Å². The number of ether oxygens (including phenoxy) is 3. The lowest BCUT2D eigenvalue weighted by Crippen LogP contribution is -2.07. The molecule has 0 N–H and O–H groups in total. The molecule has 1 rings (SSSR count). The van der Waals surface area contributed by atoms with Gasteiger partial charge in [-0.05, 0) is 24.3 Å². The second kappa shape index (κ2) is 7.06. The third-order valence-electron chi connectivity index (χ3n) is 2.15. The number of methoxy groups -OCH3 is 2. The molecule has 0 saturated carbocycles. The number of hydrogen-bond donors (Lipinski definition) is 1. The normalized spacial score (nSPS) is 9.82. The summed E-state index contributed by atoms with van der Waals surface area (Å²) in [7, 11) is 2.90. The first-order valence-corrected chi connectivity index (χ1v) is 5.86. The van der Waals surface area contributed by atoms with Gasteiger partial charge >= 0.3 is 5.97 Å². The van der Waals surface area contributed by atoms with E-state index in [4.69, 9.17) is 9.47 Å². The second-order valence-corrected chi connectivity index (χ2v) is 3.73. The van der Waals surface area contributed by atoms with E-state index in [0.717, 1.165) is 12.2 Å². The highest BCUT2D eigenvalue weighted by Crippen LogP contribution is 2.25. The van der Waals surface area contributed by atoms with Gasteiger partial charge < -0.3 is 14.2 Å². The van der Waals surface area contributed by atoms with Crippen LogP contribution in [-0.2, 0) is 4.74 Å². The Labute approximate surface area is 106 Å². The van der Waals surface area contributed by atoms with Crippen molar-refractivity contribution in [2.24, 2.45) is 0 Å². The number of esters is 1. The molecule has 17 heavy (non-hydrogen) atoms. The van der Waals surface area contributed by atoms with Gasteiger partial charge in [-0.3, -0.25) is 0 Å². The molecular formula is C12H16O4S. The molecule has 1 aromatic rings. The maximum atomic E-state index is 11.5. The van der Waals surface area contributed by atoms with Gasteiger partial charge in [0.1, 0.15) is 17.1 Å². The summed E-state index contributed by atoms with van der Waals surface area (Å²) >= 11 is 4.09. The highest BCUT2D eigenvalue weighted by atomic mass is 32.1. The summed E-state index contributed by atoms with van der Waals surface area (Å²) in [5.41, 5.74) is 0.396. The number of hydrogen-bond acceptors (Lipinski definition) is 5. The Morgan fingerprint density at radius 1 is 1.35 bits per heavy atom. The molecule has 0 aliphatic carbocycles.